The molecule has 0 aliphatic carbocycles. The summed E-state index contributed by atoms with van der Waals surface area (Å²) >= 11 is 0. The van der Waals surface area contributed by atoms with Gasteiger partial charge in [0.05, 0.1) is 0 Å². The molecule has 2 aromatic rings. The van der Waals surface area contributed by atoms with Crippen LogP contribution in [0.2, 0.25) is 0 Å². The molecule has 17 heavy (non-hydrogen) atoms. The Morgan fingerprint density at radius 2 is 1.76 bits per heavy atom. The highest BCUT2D eigenvalue weighted by Crippen LogP contribution is 2.20. The van der Waals surface area contributed by atoms with E-state index in [4.69, 9.17) is 9.84 Å². The van der Waals surface area contributed by atoms with E-state index in [9.17, 15) is 8.78 Å². The lowest BCUT2D eigenvalue weighted by molar-refractivity contribution is 0.289. The number of phenolic OH excluding ortho intramolecular Hbond substituents is 1. The molecule has 2 rings (SSSR count). The fourth-order valence-electron chi connectivity index (χ4n) is 1.37. The highest BCUT2D eigenvalue weighted by molar-refractivity contribution is 5.29. The summed E-state index contributed by atoms with van der Waals surface area (Å²) in [5.41, 5.74) is 0.562. The summed E-state index contributed by atoms with van der Waals surface area (Å²) in [6, 6.07) is 9.85. The predicted molar refractivity (Wildman–Crippen MR) is 58.8 cm³/mol. The highest BCUT2D eigenvalue weighted by atomic mass is 19.1. The Balaban J connectivity index is 2.08. The summed E-state index contributed by atoms with van der Waals surface area (Å²) in [7, 11) is 0. The molecule has 0 aliphatic heterocycles. The summed E-state index contributed by atoms with van der Waals surface area (Å²) in [4.78, 5) is 0. The van der Waals surface area contributed by atoms with Crippen molar-refractivity contribution in [3.8, 4) is 11.5 Å². The highest BCUT2D eigenvalue weighted by Gasteiger charge is 2.04. The van der Waals surface area contributed by atoms with Crippen LogP contribution in [0.1, 0.15) is 5.56 Å². The van der Waals surface area contributed by atoms with Crippen LogP contribution in [0.15, 0.2) is 42.5 Å². The molecule has 1 N–H and O–H groups in total. The molecule has 2 aromatic carbocycles. The van der Waals surface area contributed by atoms with Crippen molar-refractivity contribution in [3.05, 3.63) is 59.7 Å². The van der Waals surface area contributed by atoms with E-state index in [2.05, 4.69) is 0 Å². The maximum absolute atomic E-state index is 13.2. The van der Waals surface area contributed by atoms with E-state index in [1.807, 2.05) is 0 Å². The number of halogens is 2. The minimum absolute atomic E-state index is 0.0643. The fraction of sp³-hybridized carbons (Fsp3) is 0.0769. The van der Waals surface area contributed by atoms with Gasteiger partial charge in [-0.2, -0.15) is 0 Å². The quantitative estimate of drug-likeness (QED) is 0.886. The average Bonchev–Trinajstić information content (AvgIpc) is 2.32. The normalized spacial score (nSPS) is 10.2. The molecule has 88 valence electrons. The monoisotopic (exact) mass is 236 g/mol. The molecular weight excluding hydrogens is 226 g/mol. The van der Waals surface area contributed by atoms with Gasteiger partial charge in [-0.25, -0.2) is 8.78 Å². The Hall–Kier alpha value is -2.10. The molecule has 0 aliphatic rings. The molecule has 0 atom stereocenters. The molecule has 0 amide bonds. The van der Waals surface area contributed by atoms with Gasteiger partial charge in [-0.3, -0.25) is 0 Å². The van der Waals surface area contributed by atoms with Gasteiger partial charge < -0.3 is 9.84 Å². The zero-order chi connectivity index (χ0) is 12.3. The van der Waals surface area contributed by atoms with E-state index in [1.165, 1.54) is 24.3 Å². The Morgan fingerprint density at radius 1 is 1.00 bits per heavy atom. The third-order valence-electron chi connectivity index (χ3n) is 2.24. The van der Waals surface area contributed by atoms with Crippen molar-refractivity contribution >= 4 is 0 Å². The standard InChI is InChI=1S/C13H10F2O2/c14-10-6-5-9(7-12(10)16)8-17-13-4-2-1-3-11(13)15/h1-7,16H,8H2. The largest absolute Gasteiger partial charge is 0.505 e. The van der Waals surface area contributed by atoms with Crippen LogP contribution in [0.5, 0.6) is 11.5 Å². The molecule has 0 bridgehead atoms. The van der Waals surface area contributed by atoms with Crippen molar-refractivity contribution in [3.63, 3.8) is 0 Å². The van der Waals surface area contributed by atoms with Crippen molar-refractivity contribution in [2.45, 2.75) is 6.61 Å². The van der Waals surface area contributed by atoms with Gasteiger partial charge in [-0.05, 0) is 29.8 Å². The lowest BCUT2D eigenvalue weighted by atomic mass is 10.2. The predicted octanol–water partition coefficient (Wildman–Crippen LogP) is 3.25. The van der Waals surface area contributed by atoms with Crippen LogP contribution < -0.4 is 4.74 Å². The van der Waals surface area contributed by atoms with Crippen molar-refractivity contribution in [2.75, 3.05) is 0 Å². The molecule has 0 saturated carbocycles. The van der Waals surface area contributed by atoms with Crippen molar-refractivity contribution < 1.29 is 18.6 Å². The van der Waals surface area contributed by atoms with Gasteiger partial charge in [0.25, 0.3) is 0 Å². The minimum atomic E-state index is -0.695. The van der Waals surface area contributed by atoms with Crippen LogP contribution in [-0.2, 0) is 6.61 Å². The SMILES string of the molecule is Oc1cc(COc2ccccc2F)ccc1F. The first-order chi connectivity index (χ1) is 8.16. The van der Waals surface area contributed by atoms with E-state index < -0.39 is 17.4 Å². The average molecular weight is 236 g/mol. The second-order valence-electron chi connectivity index (χ2n) is 3.50. The summed E-state index contributed by atoms with van der Waals surface area (Å²) in [5.74, 6) is -1.48. The summed E-state index contributed by atoms with van der Waals surface area (Å²) in [6.45, 7) is 0.0643. The molecule has 4 heteroatoms. The van der Waals surface area contributed by atoms with Gasteiger partial charge in [0, 0.05) is 0 Å². The number of phenols is 1. The molecule has 0 saturated heterocycles. The number of ether oxygens (including phenoxy) is 1. The molecule has 0 spiro atoms. The Labute approximate surface area is 97.1 Å². The van der Waals surface area contributed by atoms with Gasteiger partial charge >= 0.3 is 0 Å². The Kier molecular flexibility index (Phi) is 3.23. The molecule has 0 radical (unpaired) electrons. The first-order valence-electron chi connectivity index (χ1n) is 5.01. The van der Waals surface area contributed by atoms with Crippen LogP contribution in [0.3, 0.4) is 0 Å². The van der Waals surface area contributed by atoms with Gasteiger partial charge in [0.1, 0.15) is 6.61 Å². The fourth-order valence-corrected chi connectivity index (χ4v) is 1.37. The Bertz CT molecular complexity index is 527. The third kappa shape index (κ3) is 2.72. The second-order valence-corrected chi connectivity index (χ2v) is 3.50. The lowest BCUT2D eigenvalue weighted by Crippen LogP contribution is -1.97. The summed E-state index contributed by atoms with van der Waals surface area (Å²) in [5, 5.41) is 9.15. The number of benzene rings is 2. The van der Waals surface area contributed by atoms with E-state index >= 15 is 0 Å². The van der Waals surface area contributed by atoms with Crippen LogP contribution in [0.4, 0.5) is 8.78 Å². The van der Waals surface area contributed by atoms with Crippen molar-refractivity contribution in [1.29, 1.82) is 0 Å². The smallest absolute Gasteiger partial charge is 0.165 e. The number of hydrogen-bond acceptors (Lipinski definition) is 2. The van der Waals surface area contributed by atoms with Gasteiger partial charge in [0.2, 0.25) is 0 Å². The molecule has 2 nitrogen and oxygen atoms in total. The topological polar surface area (TPSA) is 29.5 Å². The van der Waals surface area contributed by atoms with Crippen LogP contribution >= 0.6 is 0 Å². The number of aromatic hydroxyl groups is 1. The first kappa shape index (κ1) is 11.4. The number of para-hydroxylation sites is 1. The lowest BCUT2D eigenvalue weighted by Gasteiger charge is -2.07. The zero-order valence-corrected chi connectivity index (χ0v) is 8.86. The van der Waals surface area contributed by atoms with Crippen LogP contribution in [-0.4, -0.2) is 5.11 Å². The van der Waals surface area contributed by atoms with Gasteiger partial charge in [0.15, 0.2) is 23.1 Å². The van der Waals surface area contributed by atoms with Crippen LogP contribution in [0, 0.1) is 11.6 Å². The maximum atomic E-state index is 13.2. The summed E-state index contributed by atoms with van der Waals surface area (Å²) in [6.07, 6.45) is 0. The van der Waals surface area contributed by atoms with Gasteiger partial charge in [-0.1, -0.05) is 18.2 Å². The Morgan fingerprint density at radius 3 is 2.47 bits per heavy atom. The van der Waals surface area contributed by atoms with Crippen molar-refractivity contribution in [2.24, 2.45) is 0 Å². The van der Waals surface area contributed by atoms with Gasteiger partial charge in [-0.15, -0.1) is 0 Å². The van der Waals surface area contributed by atoms with E-state index in [-0.39, 0.29) is 12.4 Å². The third-order valence-corrected chi connectivity index (χ3v) is 2.24. The van der Waals surface area contributed by atoms with E-state index in [1.54, 1.807) is 12.1 Å². The molecule has 0 unspecified atom stereocenters. The maximum Gasteiger partial charge on any atom is 0.165 e. The summed E-state index contributed by atoms with van der Waals surface area (Å²) < 4.78 is 31.2. The first-order valence-corrected chi connectivity index (χ1v) is 5.01. The van der Waals surface area contributed by atoms with E-state index in [0.717, 1.165) is 6.07 Å². The van der Waals surface area contributed by atoms with Crippen LogP contribution in [0.25, 0.3) is 0 Å². The number of hydrogen-bond donors (Lipinski definition) is 1. The number of rotatable bonds is 3. The molecule has 0 heterocycles. The molecule has 0 fully saturated rings. The molecule has 0 aromatic heterocycles. The molecular formula is C13H10F2O2. The second kappa shape index (κ2) is 4.82. The zero-order valence-electron chi connectivity index (χ0n) is 8.86. The van der Waals surface area contributed by atoms with Crippen molar-refractivity contribution in [1.82, 2.24) is 0 Å². The van der Waals surface area contributed by atoms with E-state index in [0.29, 0.717) is 5.56 Å². The minimum Gasteiger partial charge on any atom is -0.505 e.